The van der Waals surface area contributed by atoms with Crippen LogP contribution in [0.5, 0.6) is 0 Å². The first-order valence-electron chi connectivity index (χ1n) is 7.99. The Morgan fingerprint density at radius 1 is 0.750 bits per heavy atom. The molecule has 0 radical (unpaired) electrons. The zero-order valence-electron chi connectivity index (χ0n) is 14.6. The van der Waals surface area contributed by atoms with Crippen molar-refractivity contribution < 1.29 is 9.47 Å². The molecular weight excluding hydrogens is 250 g/mol. The van der Waals surface area contributed by atoms with Crippen LogP contribution >= 0.6 is 0 Å². The summed E-state index contributed by atoms with van der Waals surface area (Å²) in [4.78, 5) is 0. The minimum atomic E-state index is 0.389. The quantitative estimate of drug-likeness (QED) is 0.621. The Balaban J connectivity index is 3.92. The fraction of sp³-hybridized carbons (Fsp3) is 1.00. The molecule has 0 saturated heterocycles. The first-order chi connectivity index (χ1) is 9.14. The number of hydrogen-bond donors (Lipinski definition) is 1. The molecule has 0 aliphatic carbocycles. The van der Waals surface area contributed by atoms with Gasteiger partial charge in [0.1, 0.15) is 0 Å². The lowest BCUT2D eigenvalue weighted by Crippen LogP contribution is -2.21. The molecule has 0 spiro atoms. The highest BCUT2D eigenvalue weighted by Gasteiger charge is 2.23. The molecule has 3 heteroatoms. The number of nitrogens with two attached hydrogens (primary N) is 1. The van der Waals surface area contributed by atoms with Crippen LogP contribution in [0.2, 0.25) is 0 Å². The van der Waals surface area contributed by atoms with Gasteiger partial charge in [-0.25, -0.2) is 0 Å². The standard InChI is InChI=1S/C17H37NO2/c1-16(2,3)13-15(14-17(4,5)6)7-9-19-11-12-20-10-8-18/h15H,7-14,18H2,1-6H3. The van der Waals surface area contributed by atoms with Gasteiger partial charge >= 0.3 is 0 Å². The van der Waals surface area contributed by atoms with Crippen LogP contribution in [0.1, 0.15) is 60.8 Å². The monoisotopic (exact) mass is 287 g/mol. The highest BCUT2D eigenvalue weighted by molar-refractivity contribution is 4.74. The van der Waals surface area contributed by atoms with Crippen molar-refractivity contribution in [3.63, 3.8) is 0 Å². The number of ether oxygens (including phenoxy) is 2. The van der Waals surface area contributed by atoms with Gasteiger partial charge in [-0.2, -0.15) is 0 Å². The molecule has 3 nitrogen and oxygen atoms in total. The Labute approximate surface area is 126 Å². The lowest BCUT2D eigenvalue weighted by atomic mass is 9.76. The summed E-state index contributed by atoms with van der Waals surface area (Å²) in [7, 11) is 0. The smallest absolute Gasteiger partial charge is 0.0701 e. The van der Waals surface area contributed by atoms with Crippen molar-refractivity contribution in [2.45, 2.75) is 60.8 Å². The van der Waals surface area contributed by atoms with Crippen LogP contribution in [-0.4, -0.2) is 33.0 Å². The Hall–Kier alpha value is -0.120. The van der Waals surface area contributed by atoms with Crippen molar-refractivity contribution in [3.05, 3.63) is 0 Å². The van der Waals surface area contributed by atoms with E-state index in [9.17, 15) is 0 Å². The molecule has 0 heterocycles. The Bertz CT molecular complexity index is 212. The first-order valence-corrected chi connectivity index (χ1v) is 7.99. The fourth-order valence-electron chi connectivity index (χ4n) is 2.66. The van der Waals surface area contributed by atoms with E-state index in [0.29, 0.717) is 37.2 Å². The van der Waals surface area contributed by atoms with Gasteiger partial charge in [-0.1, -0.05) is 41.5 Å². The van der Waals surface area contributed by atoms with Crippen LogP contribution in [0.4, 0.5) is 0 Å². The average Bonchev–Trinajstić information content (AvgIpc) is 2.23. The van der Waals surface area contributed by atoms with Crippen LogP contribution in [0.3, 0.4) is 0 Å². The van der Waals surface area contributed by atoms with Gasteiger partial charge < -0.3 is 15.2 Å². The van der Waals surface area contributed by atoms with Crippen molar-refractivity contribution in [2.24, 2.45) is 22.5 Å². The predicted octanol–water partition coefficient (Wildman–Crippen LogP) is 3.86. The second kappa shape index (κ2) is 9.75. The van der Waals surface area contributed by atoms with Crippen molar-refractivity contribution >= 4 is 0 Å². The van der Waals surface area contributed by atoms with E-state index in [1.807, 2.05) is 0 Å². The second-order valence-corrected chi connectivity index (χ2v) is 8.20. The van der Waals surface area contributed by atoms with Crippen molar-refractivity contribution in [1.29, 1.82) is 0 Å². The molecule has 0 aliphatic heterocycles. The summed E-state index contributed by atoms with van der Waals surface area (Å²) in [6.07, 6.45) is 3.67. The molecule has 0 fully saturated rings. The lowest BCUT2D eigenvalue weighted by molar-refractivity contribution is 0.0409. The van der Waals surface area contributed by atoms with Crippen LogP contribution in [-0.2, 0) is 9.47 Å². The maximum Gasteiger partial charge on any atom is 0.0701 e. The highest BCUT2D eigenvalue weighted by Crippen LogP contribution is 2.34. The van der Waals surface area contributed by atoms with Gasteiger partial charge in [0.15, 0.2) is 0 Å². The van der Waals surface area contributed by atoms with Gasteiger partial charge in [0.2, 0.25) is 0 Å². The van der Waals surface area contributed by atoms with Crippen LogP contribution in [0.15, 0.2) is 0 Å². The van der Waals surface area contributed by atoms with Gasteiger partial charge in [-0.15, -0.1) is 0 Å². The van der Waals surface area contributed by atoms with Gasteiger partial charge in [0, 0.05) is 13.2 Å². The molecule has 20 heavy (non-hydrogen) atoms. The normalized spacial score (nSPS) is 13.2. The Kier molecular flexibility index (Phi) is 9.69. The van der Waals surface area contributed by atoms with E-state index in [0.717, 1.165) is 18.9 Å². The molecule has 0 atom stereocenters. The SMILES string of the molecule is CC(C)(C)CC(CCOCCOCCN)CC(C)(C)C. The van der Waals surface area contributed by atoms with Crippen LogP contribution in [0.25, 0.3) is 0 Å². The van der Waals surface area contributed by atoms with Gasteiger partial charge in [-0.3, -0.25) is 0 Å². The largest absolute Gasteiger partial charge is 0.379 e. The Morgan fingerprint density at radius 2 is 1.20 bits per heavy atom. The number of rotatable bonds is 10. The van der Waals surface area contributed by atoms with E-state index < -0.39 is 0 Å². The molecule has 0 bridgehead atoms. The first kappa shape index (κ1) is 19.9. The molecule has 0 saturated carbocycles. The van der Waals surface area contributed by atoms with E-state index in [-0.39, 0.29) is 0 Å². The zero-order chi connectivity index (χ0) is 15.6. The van der Waals surface area contributed by atoms with Gasteiger partial charge in [-0.05, 0) is 36.0 Å². The molecule has 2 N–H and O–H groups in total. The maximum absolute atomic E-state index is 5.67. The molecular formula is C17H37NO2. The number of hydrogen-bond acceptors (Lipinski definition) is 3. The zero-order valence-corrected chi connectivity index (χ0v) is 14.6. The molecule has 0 aromatic carbocycles. The summed E-state index contributed by atoms with van der Waals surface area (Å²) < 4.78 is 11.0. The van der Waals surface area contributed by atoms with E-state index in [4.69, 9.17) is 15.2 Å². The van der Waals surface area contributed by atoms with E-state index in [1.165, 1.54) is 12.8 Å². The Morgan fingerprint density at radius 3 is 1.60 bits per heavy atom. The average molecular weight is 287 g/mol. The summed E-state index contributed by atoms with van der Waals surface area (Å²) in [5.74, 6) is 0.736. The van der Waals surface area contributed by atoms with Gasteiger partial charge in [0.25, 0.3) is 0 Å². The summed E-state index contributed by atoms with van der Waals surface area (Å²) in [6, 6.07) is 0. The van der Waals surface area contributed by atoms with Crippen molar-refractivity contribution in [1.82, 2.24) is 0 Å². The molecule has 0 aliphatic rings. The summed E-state index contributed by atoms with van der Waals surface area (Å²) in [5.41, 5.74) is 6.14. The third-order valence-corrected chi connectivity index (χ3v) is 3.11. The van der Waals surface area contributed by atoms with E-state index in [1.54, 1.807) is 0 Å². The molecule has 0 rings (SSSR count). The summed E-state index contributed by atoms with van der Waals surface area (Å²) >= 11 is 0. The third-order valence-electron chi connectivity index (χ3n) is 3.11. The molecule has 0 aromatic rings. The van der Waals surface area contributed by atoms with Crippen LogP contribution in [0, 0.1) is 16.7 Å². The predicted molar refractivity (Wildman–Crippen MR) is 86.9 cm³/mol. The lowest BCUT2D eigenvalue weighted by Gasteiger charge is -2.31. The highest BCUT2D eigenvalue weighted by atomic mass is 16.5. The van der Waals surface area contributed by atoms with E-state index in [2.05, 4.69) is 41.5 Å². The maximum atomic E-state index is 5.67. The topological polar surface area (TPSA) is 44.5 Å². The van der Waals surface area contributed by atoms with Crippen molar-refractivity contribution in [3.8, 4) is 0 Å². The van der Waals surface area contributed by atoms with E-state index >= 15 is 0 Å². The minimum Gasteiger partial charge on any atom is -0.379 e. The molecule has 0 amide bonds. The molecule has 122 valence electrons. The molecule has 0 unspecified atom stereocenters. The van der Waals surface area contributed by atoms with Crippen LogP contribution < -0.4 is 5.73 Å². The van der Waals surface area contributed by atoms with Crippen molar-refractivity contribution in [2.75, 3.05) is 33.0 Å². The van der Waals surface area contributed by atoms with Gasteiger partial charge in [0.05, 0.1) is 19.8 Å². The third kappa shape index (κ3) is 14.3. The summed E-state index contributed by atoms with van der Waals surface area (Å²) in [5, 5.41) is 0. The minimum absolute atomic E-state index is 0.389. The molecule has 0 aromatic heterocycles. The summed E-state index contributed by atoms with van der Waals surface area (Å²) in [6.45, 7) is 17.3. The second-order valence-electron chi connectivity index (χ2n) is 8.20. The fourth-order valence-corrected chi connectivity index (χ4v) is 2.66.